The van der Waals surface area contributed by atoms with Gasteiger partial charge in [-0.2, -0.15) is 4.98 Å². The Morgan fingerprint density at radius 3 is 2.42 bits per heavy atom. The number of nitrogens with two attached hydrogens (primary N) is 1. The van der Waals surface area contributed by atoms with E-state index in [4.69, 9.17) is 24.3 Å². The molecule has 11 atom stereocenters. The maximum absolute atomic E-state index is 13.0. The van der Waals surface area contributed by atoms with Gasteiger partial charge in [0.25, 0.3) is 11.7 Å². The summed E-state index contributed by atoms with van der Waals surface area (Å²) in [6.45, 7) is -2.97. The predicted octanol–water partition coefficient (Wildman–Crippen LogP) is -5.05. The number of aliphatic carboxylic acids is 1. The number of nitrogen functional groups attached to an aromatic ring is 1. The molecular weight excluding hydrogens is 725 g/mol. The largest absolute Gasteiger partial charge is 0.477 e. The average Bonchev–Trinajstić information content (AvgIpc) is 3.38. The molecule has 52 heavy (non-hydrogen) atoms. The van der Waals surface area contributed by atoms with E-state index in [0.29, 0.717) is 6.29 Å². The Kier molecular flexibility index (Phi) is 13.0. The number of benzene rings is 1. The van der Waals surface area contributed by atoms with E-state index in [2.05, 4.69) is 15.6 Å². The number of carboxylic acid groups (broad SMARTS) is 1. The number of amides is 2. The highest BCUT2D eigenvalue weighted by atomic mass is 31.2. The van der Waals surface area contributed by atoms with Gasteiger partial charge in [-0.05, 0) is 18.2 Å². The summed E-state index contributed by atoms with van der Waals surface area (Å²) < 4.78 is 34.2. The number of aliphatic hydroxyl groups excluding tert-OH is 6. The number of ether oxygens (including phenoxy) is 2. The van der Waals surface area contributed by atoms with Crippen molar-refractivity contribution in [1.29, 1.82) is 0 Å². The lowest BCUT2D eigenvalue weighted by Crippen LogP contribution is -2.68. The molecule has 0 aliphatic carbocycles. The van der Waals surface area contributed by atoms with Gasteiger partial charge in [-0.3, -0.25) is 23.5 Å². The zero-order valence-electron chi connectivity index (χ0n) is 26.6. The zero-order valence-corrected chi connectivity index (χ0v) is 27.5. The fraction of sp³-hybridized carbons (Fsp3) is 0.500. The molecule has 2 saturated heterocycles. The van der Waals surface area contributed by atoms with Crippen molar-refractivity contribution in [3.8, 4) is 0 Å². The minimum Gasteiger partial charge on any atom is -0.477 e. The van der Waals surface area contributed by atoms with E-state index in [1.165, 1.54) is 30.3 Å². The van der Waals surface area contributed by atoms with Gasteiger partial charge in [0, 0.05) is 23.7 Å². The number of hydrogen-bond donors (Lipinski definition) is 11. The lowest BCUT2D eigenvalue weighted by Gasteiger charge is -2.46. The maximum Gasteiger partial charge on any atom is 0.475 e. The van der Waals surface area contributed by atoms with Crippen LogP contribution in [0.1, 0.15) is 33.4 Å². The number of phosphoric acid groups is 1. The SMILES string of the molecule is Nc1ccn([C@@H]2O[C@H](COP(=O)(O)OC3(C(=O)O)CC(O)C(NC(=O)CNC(=O)c4ccc(C=O)cc4)C(C(O)[C@H](O)CO)O3)C(O)[C@@H]2O)c(=O)n1. The summed E-state index contributed by atoms with van der Waals surface area (Å²) in [7, 11) is -5.64. The van der Waals surface area contributed by atoms with Gasteiger partial charge in [-0.1, -0.05) is 12.1 Å². The number of carbonyl (C=O) groups excluding carboxylic acids is 3. The van der Waals surface area contributed by atoms with E-state index in [0.717, 1.165) is 10.8 Å². The monoisotopic (exact) mass is 761 g/mol. The topological polar surface area (TPSA) is 369 Å². The number of phosphoric ester groups is 1. The quantitative estimate of drug-likeness (QED) is 0.0597. The van der Waals surface area contributed by atoms with E-state index in [9.17, 15) is 69.2 Å². The molecule has 0 bridgehead atoms. The van der Waals surface area contributed by atoms with E-state index in [1.54, 1.807) is 0 Å². The van der Waals surface area contributed by atoms with Crippen molar-refractivity contribution in [1.82, 2.24) is 20.2 Å². The summed E-state index contributed by atoms with van der Waals surface area (Å²) in [5.41, 5.74) is 4.81. The first kappa shape index (κ1) is 40.5. The van der Waals surface area contributed by atoms with Crippen LogP contribution in [0.4, 0.5) is 5.82 Å². The Morgan fingerprint density at radius 2 is 1.83 bits per heavy atom. The van der Waals surface area contributed by atoms with Gasteiger partial charge < -0.3 is 66.5 Å². The van der Waals surface area contributed by atoms with Crippen LogP contribution in [0.5, 0.6) is 0 Å². The third-order valence-corrected chi connectivity index (χ3v) is 8.99. The number of carboxylic acids is 1. The van der Waals surface area contributed by atoms with Gasteiger partial charge in [0.05, 0.1) is 31.9 Å². The molecule has 23 nitrogen and oxygen atoms in total. The molecule has 1 aromatic heterocycles. The number of aromatic nitrogens is 2. The summed E-state index contributed by atoms with van der Waals surface area (Å²) in [4.78, 5) is 74.6. The summed E-state index contributed by atoms with van der Waals surface area (Å²) in [5.74, 6) is -7.45. The number of aldehydes is 1. The van der Waals surface area contributed by atoms with Crippen molar-refractivity contribution >= 4 is 37.7 Å². The second kappa shape index (κ2) is 16.6. The lowest BCUT2D eigenvalue weighted by molar-refractivity contribution is -0.289. The number of nitrogens with one attached hydrogen (secondary N) is 2. The molecule has 2 aliphatic rings. The predicted molar refractivity (Wildman–Crippen MR) is 167 cm³/mol. The van der Waals surface area contributed by atoms with Crippen LogP contribution in [-0.2, 0) is 32.7 Å². The molecule has 1 aromatic carbocycles. The number of carbonyl (C=O) groups is 4. The molecule has 7 unspecified atom stereocenters. The molecule has 2 amide bonds. The molecule has 4 rings (SSSR count). The average molecular weight is 762 g/mol. The highest BCUT2D eigenvalue weighted by molar-refractivity contribution is 7.47. The van der Waals surface area contributed by atoms with Crippen LogP contribution in [0.2, 0.25) is 0 Å². The van der Waals surface area contributed by atoms with Crippen molar-refractivity contribution < 1.29 is 82.9 Å². The van der Waals surface area contributed by atoms with Crippen molar-refractivity contribution in [2.75, 3.05) is 25.5 Å². The number of hydrogen-bond acceptors (Lipinski definition) is 18. The Balaban J connectivity index is 1.46. The first-order valence-corrected chi connectivity index (χ1v) is 16.6. The summed E-state index contributed by atoms with van der Waals surface area (Å²) >= 11 is 0. The molecule has 12 N–H and O–H groups in total. The molecule has 2 aliphatic heterocycles. The molecule has 3 heterocycles. The number of aliphatic hydroxyl groups is 6. The smallest absolute Gasteiger partial charge is 0.475 e. The molecule has 0 radical (unpaired) electrons. The molecule has 0 saturated carbocycles. The number of nitrogens with zero attached hydrogens (tertiary/aromatic N) is 2. The van der Waals surface area contributed by atoms with Crippen LogP contribution < -0.4 is 22.1 Å². The maximum atomic E-state index is 13.0. The summed E-state index contributed by atoms with van der Waals surface area (Å²) in [5, 5.41) is 76.5. The fourth-order valence-corrected chi connectivity index (χ4v) is 6.25. The third kappa shape index (κ3) is 9.22. The minimum atomic E-state index is -5.64. The highest BCUT2D eigenvalue weighted by Crippen LogP contribution is 2.51. The van der Waals surface area contributed by atoms with Crippen LogP contribution in [0.25, 0.3) is 0 Å². The standard InChI is InChI=1S/C28H36N5O18P/c29-17-5-6-33(27(45)31-17)25-22(41)21(40)16(49-25)11-48-52(46,47)51-28(26(43)44)7-14(36)19(23(50-28)20(39)15(37)10-35)32-18(38)8-30-24(42)13-3-1-12(9-34)2-4-13/h1-6,9,14-16,19-23,25,35-37,39-41H,7-8,10-11H2,(H,30,42)(H,32,38)(H,43,44)(H,46,47)(H2,29,31,45)/t14?,15-,16-,19?,20?,21?,22+,23?,25-,28?/m1/s1. The lowest BCUT2D eigenvalue weighted by atomic mass is 9.88. The van der Waals surface area contributed by atoms with Crippen LogP contribution >= 0.6 is 7.82 Å². The molecule has 24 heteroatoms. The Hall–Kier alpha value is -4.23. The zero-order chi connectivity index (χ0) is 38.5. The second-order valence-electron chi connectivity index (χ2n) is 11.6. The van der Waals surface area contributed by atoms with E-state index >= 15 is 0 Å². The normalized spacial score (nSPS) is 29.7. The second-order valence-corrected chi connectivity index (χ2v) is 13.0. The fourth-order valence-electron chi connectivity index (χ4n) is 5.29. The van der Waals surface area contributed by atoms with Gasteiger partial charge in [0.1, 0.15) is 48.7 Å². The molecular formula is C28H36N5O18P. The van der Waals surface area contributed by atoms with E-state index in [-0.39, 0.29) is 16.9 Å². The van der Waals surface area contributed by atoms with Gasteiger partial charge in [-0.25, -0.2) is 18.7 Å². The van der Waals surface area contributed by atoms with Gasteiger partial charge in [0.15, 0.2) is 6.23 Å². The van der Waals surface area contributed by atoms with Crippen molar-refractivity contribution in [3.63, 3.8) is 0 Å². The van der Waals surface area contributed by atoms with Crippen LogP contribution in [-0.4, -0.2) is 149 Å². The van der Waals surface area contributed by atoms with Crippen LogP contribution in [0, 0.1) is 0 Å². The Labute approximate surface area is 291 Å². The van der Waals surface area contributed by atoms with Gasteiger partial charge in [0.2, 0.25) is 5.91 Å². The van der Waals surface area contributed by atoms with Crippen molar-refractivity contribution in [3.05, 3.63) is 58.1 Å². The van der Waals surface area contributed by atoms with Gasteiger partial charge in [-0.15, -0.1) is 0 Å². The number of rotatable bonds is 15. The van der Waals surface area contributed by atoms with Crippen molar-refractivity contribution in [2.45, 2.75) is 67.2 Å². The van der Waals surface area contributed by atoms with Crippen molar-refractivity contribution in [2.24, 2.45) is 0 Å². The van der Waals surface area contributed by atoms with E-state index in [1.807, 2.05) is 0 Å². The molecule has 2 aromatic rings. The minimum absolute atomic E-state index is 0.0671. The first-order chi connectivity index (χ1) is 24.4. The summed E-state index contributed by atoms with van der Waals surface area (Å²) in [6.07, 6.45) is -15.1. The number of anilines is 1. The highest BCUT2D eigenvalue weighted by Gasteiger charge is 2.59. The third-order valence-electron chi connectivity index (χ3n) is 7.99. The first-order valence-electron chi connectivity index (χ1n) is 15.2. The van der Waals surface area contributed by atoms with Crippen LogP contribution in [0.15, 0.2) is 41.3 Å². The Morgan fingerprint density at radius 1 is 1.15 bits per heavy atom. The summed E-state index contributed by atoms with van der Waals surface area (Å²) in [6, 6.07) is 4.69. The van der Waals surface area contributed by atoms with E-state index < -0.39 is 118 Å². The molecule has 0 spiro atoms. The van der Waals surface area contributed by atoms with Crippen LogP contribution in [0.3, 0.4) is 0 Å². The Bertz CT molecular complexity index is 1730. The molecule has 2 fully saturated rings. The van der Waals surface area contributed by atoms with Gasteiger partial charge >= 0.3 is 19.5 Å². The molecule has 286 valence electrons.